The molecule has 0 saturated carbocycles. The standard InChI is InChI=1S/C16H21F3N4/c1-11-4-3-5-13-14(11)12(10-23-13)6-8-21-15(20-2)22-9-7-16(17,18)19/h3-5,10,23H,6-9H2,1-2H3,(H2,20,21,22). The molecule has 0 aliphatic rings. The third kappa shape index (κ3) is 4.91. The summed E-state index contributed by atoms with van der Waals surface area (Å²) in [5.74, 6) is 0.380. The molecule has 0 saturated heterocycles. The molecule has 0 bridgehead atoms. The molecule has 1 aromatic carbocycles. The van der Waals surface area contributed by atoms with Crippen molar-refractivity contribution in [1.29, 1.82) is 0 Å². The molecule has 0 atom stereocenters. The van der Waals surface area contributed by atoms with Crippen molar-refractivity contribution in [3.8, 4) is 0 Å². The third-order valence-corrected chi connectivity index (χ3v) is 3.61. The van der Waals surface area contributed by atoms with E-state index in [4.69, 9.17) is 0 Å². The Kier molecular flexibility index (Phi) is 5.52. The monoisotopic (exact) mass is 326 g/mol. The van der Waals surface area contributed by atoms with Crippen LogP contribution in [0.1, 0.15) is 17.5 Å². The van der Waals surface area contributed by atoms with Crippen molar-refractivity contribution in [3.05, 3.63) is 35.5 Å². The van der Waals surface area contributed by atoms with Gasteiger partial charge in [-0.05, 0) is 30.5 Å². The summed E-state index contributed by atoms with van der Waals surface area (Å²) in [4.78, 5) is 7.16. The number of rotatable bonds is 5. The van der Waals surface area contributed by atoms with Gasteiger partial charge in [-0.1, -0.05) is 12.1 Å². The number of nitrogens with one attached hydrogen (secondary N) is 3. The summed E-state index contributed by atoms with van der Waals surface area (Å²) < 4.78 is 36.4. The van der Waals surface area contributed by atoms with Crippen LogP contribution in [0.2, 0.25) is 0 Å². The van der Waals surface area contributed by atoms with Crippen LogP contribution in [0.25, 0.3) is 10.9 Å². The summed E-state index contributed by atoms with van der Waals surface area (Å²) in [6.07, 6.45) is -2.31. The average Bonchev–Trinajstić information content (AvgIpc) is 2.89. The van der Waals surface area contributed by atoms with E-state index < -0.39 is 12.6 Å². The van der Waals surface area contributed by atoms with E-state index in [0.29, 0.717) is 12.5 Å². The fourth-order valence-electron chi connectivity index (χ4n) is 2.51. The normalized spacial score (nSPS) is 12.7. The zero-order chi connectivity index (χ0) is 16.9. The van der Waals surface area contributed by atoms with Crippen molar-refractivity contribution >= 4 is 16.9 Å². The van der Waals surface area contributed by atoms with Crippen molar-refractivity contribution in [2.24, 2.45) is 4.99 Å². The lowest BCUT2D eigenvalue weighted by Crippen LogP contribution is -2.39. The Morgan fingerprint density at radius 1 is 1.22 bits per heavy atom. The van der Waals surface area contributed by atoms with E-state index in [1.807, 2.05) is 18.3 Å². The Bertz CT molecular complexity index is 674. The summed E-state index contributed by atoms with van der Waals surface area (Å²) in [7, 11) is 1.54. The third-order valence-electron chi connectivity index (χ3n) is 3.61. The molecule has 1 heterocycles. The second-order valence-electron chi connectivity index (χ2n) is 5.35. The number of guanidine groups is 1. The van der Waals surface area contributed by atoms with Gasteiger partial charge >= 0.3 is 6.18 Å². The molecule has 0 amide bonds. The molecule has 0 fully saturated rings. The van der Waals surface area contributed by atoms with Gasteiger partial charge < -0.3 is 15.6 Å². The van der Waals surface area contributed by atoms with Crippen LogP contribution in [-0.2, 0) is 6.42 Å². The largest absolute Gasteiger partial charge is 0.390 e. The zero-order valence-corrected chi connectivity index (χ0v) is 13.2. The van der Waals surface area contributed by atoms with Gasteiger partial charge in [-0.2, -0.15) is 13.2 Å². The van der Waals surface area contributed by atoms with Crippen LogP contribution >= 0.6 is 0 Å². The zero-order valence-electron chi connectivity index (χ0n) is 13.2. The number of H-pyrrole nitrogens is 1. The summed E-state index contributed by atoms with van der Waals surface area (Å²) >= 11 is 0. The first kappa shape index (κ1) is 17.2. The van der Waals surface area contributed by atoms with Crippen molar-refractivity contribution in [2.45, 2.75) is 25.9 Å². The van der Waals surface area contributed by atoms with Crippen molar-refractivity contribution < 1.29 is 13.2 Å². The molecule has 7 heteroatoms. The number of aliphatic imine (C=N–C) groups is 1. The highest BCUT2D eigenvalue weighted by molar-refractivity contribution is 5.86. The molecule has 0 aliphatic carbocycles. The molecular formula is C16H21F3N4. The number of aromatic amines is 1. The van der Waals surface area contributed by atoms with Gasteiger partial charge in [0.25, 0.3) is 0 Å². The molecule has 126 valence electrons. The molecule has 0 radical (unpaired) electrons. The minimum Gasteiger partial charge on any atom is -0.361 e. The highest BCUT2D eigenvalue weighted by Gasteiger charge is 2.26. The topological polar surface area (TPSA) is 52.2 Å². The summed E-state index contributed by atoms with van der Waals surface area (Å²) in [6.45, 7) is 2.47. The van der Waals surface area contributed by atoms with Gasteiger partial charge in [0.05, 0.1) is 6.42 Å². The van der Waals surface area contributed by atoms with E-state index in [9.17, 15) is 13.2 Å². The van der Waals surface area contributed by atoms with Gasteiger partial charge in [0.2, 0.25) is 0 Å². The highest BCUT2D eigenvalue weighted by Crippen LogP contribution is 2.22. The fraction of sp³-hybridized carbons (Fsp3) is 0.438. The van der Waals surface area contributed by atoms with E-state index in [0.717, 1.165) is 11.9 Å². The second-order valence-corrected chi connectivity index (χ2v) is 5.35. The average molecular weight is 326 g/mol. The minimum absolute atomic E-state index is 0.185. The lowest BCUT2D eigenvalue weighted by molar-refractivity contribution is -0.132. The number of halogens is 3. The predicted octanol–water partition coefficient (Wildman–Crippen LogP) is 3.14. The van der Waals surface area contributed by atoms with Gasteiger partial charge in [-0.25, -0.2) is 0 Å². The highest BCUT2D eigenvalue weighted by atomic mass is 19.4. The lowest BCUT2D eigenvalue weighted by atomic mass is 10.1. The number of nitrogens with zero attached hydrogens (tertiary/aromatic N) is 1. The number of hydrogen-bond acceptors (Lipinski definition) is 1. The maximum absolute atomic E-state index is 12.1. The van der Waals surface area contributed by atoms with Crippen LogP contribution in [0.5, 0.6) is 0 Å². The molecule has 23 heavy (non-hydrogen) atoms. The molecular weight excluding hydrogens is 305 g/mol. The summed E-state index contributed by atoms with van der Waals surface area (Å²) in [5, 5.41) is 6.90. The summed E-state index contributed by atoms with van der Waals surface area (Å²) in [6, 6.07) is 6.09. The predicted molar refractivity (Wildman–Crippen MR) is 86.8 cm³/mol. The SMILES string of the molecule is CN=C(NCCc1c[nH]c2cccc(C)c12)NCCC(F)(F)F. The number of alkyl halides is 3. The molecule has 4 nitrogen and oxygen atoms in total. The second kappa shape index (κ2) is 7.39. The van der Waals surface area contributed by atoms with E-state index in [2.05, 4.69) is 33.6 Å². The van der Waals surface area contributed by atoms with Crippen molar-refractivity contribution in [1.82, 2.24) is 15.6 Å². The van der Waals surface area contributed by atoms with Gasteiger partial charge in [0.15, 0.2) is 5.96 Å². The first-order chi connectivity index (χ1) is 10.9. The van der Waals surface area contributed by atoms with Crippen molar-refractivity contribution in [2.75, 3.05) is 20.1 Å². The van der Waals surface area contributed by atoms with E-state index in [1.165, 1.54) is 16.5 Å². The molecule has 3 N–H and O–H groups in total. The van der Waals surface area contributed by atoms with Crippen LogP contribution < -0.4 is 10.6 Å². The Labute approximate surface area is 133 Å². The maximum atomic E-state index is 12.1. The van der Waals surface area contributed by atoms with Crippen molar-refractivity contribution in [3.63, 3.8) is 0 Å². The molecule has 2 aromatic rings. The van der Waals surface area contributed by atoms with Gasteiger partial charge in [-0.15, -0.1) is 0 Å². The van der Waals surface area contributed by atoms with Gasteiger partial charge in [0, 0.05) is 37.2 Å². The van der Waals surface area contributed by atoms with E-state index >= 15 is 0 Å². The van der Waals surface area contributed by atoms with Crippen LogP contribution in [-0.4, -0.2) is 37.3 Å². The Morgan fingerprint density at radius 3 is 2.65 bits per heavy atom. The number of benzene rings is 1. The lowest BCUT2D eigenvalue weighted by Gasteiger charge is -2.12. The van der Waals surface area contributed by atoms with Crippen LogP contribution in [0.3, 0.4) is 0 Å². The van der Waals surface area contributed by atoms with E-state index in [-0.39, 0.29) is 6.54 Å². The Balaban J connectivity index is 1.85. The molecule has 0 spiro atoms. The number of aryl methyl sites for hydroxylation is 1. The molecule has 2 rings (SSSR count). The number of fused-ring (bicyclic) bond motifs is 1. The smallest absolute Gasteiger partial charge is 0.361 e. The fourth-order valence-corrected chi connectivity index (χ4v) is 2.51. The minimum atomic E-state index is -4.16. The molecule has 0 aliphatic heterocycles. The van der Waals surface area contributed by atoms with Crippen LogP contribution in [0.4, 0.5) is 13.2 Å². The van der Waals surface area contributed by atoms with Crippen LogP contribution in [0, 0.1) is 6.92 Å². The van der Waals surface area contributed by atoms with Crippen LogP contribution in [0.15, 0.2) is 29.4 Å². The number of aromatic nitrogens is 1. The molecule has 1 aromatic heterocycles. The number of hydrogen-bond donors (Lipinski definition) is 3. The van der Waals surface area contributed by atoms with Gasteiger partial charge in [-0.3, -0.25) is 4.99 Å². The first-order valence-corrected chi connectivity index (χ1v) is 7.47. The first-order valence-electron chi connectivity index (χ1n) is 7.47. The Hall–Kier alpha value is -2.18. The summed E-state index contributed by atoms with van der Waals surface area (Å²) in [5.41, 5.74) is 3.47. The van der Waals surface area contributed by atoms with E-state index in [1.54, 1.807) is 7.05 Å². The quantitative estimate of drug-likeness (QED) is 0.584. The van der Waals surface area contributed by atoms with Gasteiger partial charge in [0.1, 0.15) is 0 Å². The molecule has 0 unspecified atom stereocenters. The Morgan fingerprint density at radius 2 is 1.96 bits per heavy atom. The maximum Gasteiger partial charge on any atom is 0.390 e.